The molecule has 0 radical (unpaired) electrons. The van der Waals surface area contributed by atoms with E-state index in [1.807, 2.05) is 6.07 Å². The molecule has 98 valence electrons. The highest BCUT2D eigenvalue weighted by Gasteiger charge is 2.14. The molecule has 4 aromatic rings. The lowest BCUT2D eigenvalue weighted by molar-refractivity contribution is 0.638. The van der Waals surface area contributed by atoms with Gasteiger partial charge in [0.2, 0.25) is 0 Å². The smallest absolute Gasteiger partial charge is 0.268 e. The molecule has 20 heavy (non-hydrogen) atoms. The highest BCUT2D eigenvalue weighted by atomic mass is 35.5. The maximum atomic E-state index is 13.9. The first kappa shape index (κ1) is 11.8. The minimum atomic E-state index is -0.559. The van der Waals surface area contributed by atoms with Gasteiger partial charge < -0.3 is 0 Å². The van der Waals surface area contributed by atoms with Crippen molar-refractivity contribution in [3.05, 3.63) is 57.6 Å². The van der Waals surface area contributed by atoms with Crippen LogP contribution in [0.1, 0.15) is 0 Å². The van der Waals surface area contributed by atoms with Crippen LogP contribution in [-0.2, 0) is 0 Å². The molecule has 2 aromatic carbocycles. The van der Waals surface area contributed by atoms with Crippen molar-refractivity contribution >= 4 is 49.0 Å². The quantitative estimate of drug-likeness (QED) is 0.494. The number of halogens is 2. The van der Waals surface area contributed by atoms with Crippen LogP contribution in [0.5, 0.6) is 0 Å². The summed E-state index contributed by atoms with van der Waals surface area (Å²) in [7, 11) is 0. The number of aromatic nitrogens is 2. The number of thiazole rings is 1. The summed E-state index contributed by atoms with van der Waals surface area (Å²) in [6.45, 7) is 0. The van der Waals surface area contributed by atoms with Crippen molar-refractivity contribution < 1.29 is 4.39 Å². The first-order chi connectivity index (χ1) is 9.65. The normalized spacial score (nSPS) is 11.7. The number of rotatable bonds is 0. The number of benzene rings is 2. The molecule has 0 aliphatic carbocycles. The molecule has 6 heteroatoms. The molecule has 4 rings (SSSR count). The van der Waals surface area contributed by atoms with Gasteiger partial charge >= 0.3 is 0 Å². The molecule has 0 saturated heterocycles. The molecule has 0 atom stereocenters. The van der Waals surface area contributed by atoms with Crippen LogP contribution in [0, 0.1) is 5.82 Å². The van der Waals surface area contributed by atoms with E-state index in [4.69, 9.17) is 11.6 Å². The molecule has 3 nitrogen and oxygen atoms in total. The molecule has 0 fully saturated rings. The van der Waals surface area contributed by atoms with Gasteiger partial charge in [0.1, 0.15) is 11.2 Å². The number of nitrogens with zero attached hydrogens (tertiary/aromatic N) is 2. The molecule has 0 bridgehead atoms. The Morgan fingerprint density at radius 1 is 1.25 bits per heavy atom. The predicted octanol–water partition coefficient (Wildman–Crippen LogP) is 3.85. The van der Waals surface area contributed by atoms with Gasteiger partial charge in [-0.05, 0) is 30.3 Å². The van der Waals surface area contributed by atoms with Crippen LogP contribution in [0.25, 0.3) is 26.1 Å². The van der Waals surface area contributed by atoms with Crippen molar-refractivity contribution in [1.82, 2.24) is 9.38 Å². The zero-order chi connectivity index (χ0) is 13.9. The zero-order valence-corrected chi connectivity index (χ0v) is 11.5. The van der Waals surface area contributed by atoms with E-state index < -0.39 is 11.4 Å². The molecule has 0 amide bonds. The van der Waals surface area contributed by atoms with Gasteiger partial charge in [0.15, 0.2) is 4.96 Å². The Bertz CT molecular complexity index is 1050. The van der Waals surface area contributed by atoms with E-state index in [-0.39, 0.29) is 5.39 Å². The minimum Gasteiger partial charge on any atom is -0.268 e. The van der Waals surface area contributed by atoms with Gasteiger partial charge in [-0.2, -0.15) is 0 Å². The van der Waals surface area contributed by atoms with E-state index in [2.05, 4.69) is 4.98 Å². The number of hydrogen-bond acceptors (Lipinski definition) is 3. The standard InChI is InChI=1S/C14H6ClFN2OS/c15-7-4-5-11-10(6-7)18-13(19)12-8(16)2-1-3-9(12)17-14(18)20-11/h1-6H. The van der Waals surface area contributed by atoms with Crippen LogP contribution in [-0.4, -0.2) is 9.38 Å². The Kier molecular flexibility index (Phi) is 2.37. The van der Waals surface area contributed by atoms with Gasteiger partial charge in [-0.15, -0.1) is 0 Å². The van der Waals surface area contributed by atoms with Gasteiger partial charge in [0.05, 0.1) is 15.7 Å². The van der Waals surface area contributed by atoms with Crippen molar-refractivity contribution in [2.75, 3.05) is 0 Å². The molecule has 0 aliphatic heterocycles. The highest BCUT2D eigenvalue weighted by molar-refractivity contribution is 7.23. The van der Waals surface area contributed by atoms with Crippen molar-refractivity contribution in [2.45, 2.75) is 0 Å². The Labute approximate surface area is 120 Å². The van der Waals surface area contributed by atoms with E-state index in [9.17, 15) is 9.18 Å². The highest BCUT2D eigenvalue weighted by Crippen LogP contribution is 2.27. The topological polar surface area (TPSA) is 34.4 Å². The Morgan fingerprint density at radius 3 is 2.95 bits per heavy atom. The monoisotopic (exact) mass is 304 g/mol. The summed E-state index contributed by atoms with van der Waals surface area (Å²) in [5.41, 5.74) is 0.615. The fourth-order valence-electron chi connectivity index (χ4n) is 2.30. The van der Waals surface area contributed by atoms with E-state index in [0.717, 1.165) is 4.70 Å². The summed E-state index contributed by atoms with van der Waals surface area (Å²) in [5.74, 6) is -0.559. The summed E-state index contributed by atoms with van der Waals surface area (Å²) in [6.07, 6.45) is 0. The third-order valence-corrected chi connectivity index (χ3v) is 4.44. The molecule has 2 heterocycles. The Morgan fingerprint density at radius 2 is 2.10 bits per heavy atom. The second kappa shape index (κ2) is 4.01. The van der Waals surface area contributed by atoms with Crippen molar-refractivity contribution in [3.63, 3.8) is 0 Å². The average molecular weight is 305 g/mol. The van der Waals surface area contributed by atoms with Gasteiger partial charge in [-0.25, -0.2) is 9.37 Å². The lowest BCUT2D eigenvalue weighted by Gasteiger charge is -2.00. The summed E-state index contributed by atoms with van der Waals surface area (Å²) >= 11 is 7.35. The molecular formula is C14H6ClFN2OS. The third-order valence-electron chi connectivity index (χ3n) is 3.18. The van der Waals surface area contributed by atoms with Crippen LogP contribution in [0.15, 0.2) is 41.2 Å². The third kappa shape index (κ3) is 1.50. The van der Waals surface area contributed by atoms with Gasteiger partial charge in [0, 0.05) is 5.02 Å². The van der Waals surface area contributed by atoms with Gasteiger partial charge in [0.25, 0.3) is 5.56 Å². The maximum Gasteiger partial charge on any atom is 0.269 e. The number of fused-ring (bicyclic) bond motifs is 4. The summed E-state index contributed by atoms with van der Waals surface area (Å²) in [5, 5.41) is 0.530. The van der Waals surface area contributed by atoms with Crippen molar-refractivity contribution in [1.29, 1.82) is 0 Å². The first-order valence-corrected chi connectivity index (χ1v) is 7.03. The lowest BCUT2D eigenvalue weighted by Crippen LogP contribution is -2.14. The molecular weight excluding hydrogens is 299 g/mol. The van der Waals surface area contributed by atoms with E-state index in [1.54, 1.807) is 24.3 Å². The van der Waals surface area contributed by atoms with Crippen LogP contribution < -0.4 is 5.56 Å². The molecule has 0 unspecified atom stereocenters. The van der Waals surface area contributed by atoms with E-state index in [0.29, 0.717) is 21.0 Å². The van der Waals surface area contributed by atoms with Crippen LogP contribution in [0.4, 0.5) is 4.39 Å². The first-order valence-electron chi connectivity index (χ1n) is 5.84. The largest absolute Gasteiger partial charge is 0.269 e. The van der Waals surface area contributed by atoms with Gasteiger partial charge in [-0.3, -0.25) is 9.20 Å². The summed E-state index contributed by atoms with van der Waals surface area (Å²) < 4.78 is 16.2. The molecule has 0 spiro atoms. The van der Waals surface area contributed by atoms with Crippen molar-refractivity contribution in [2.24, 2.45) is 0 Å². The van der Waals surface area contributed by atoms with Crippen LogP contribution in [0.3, 0.4) is 0 Å². The minimum absolute atomic E-state index is 0.00433. The van der Waals surface area contributed by atoms with E-state index >= 15 is 0 Å². The molecule has 0 N–H and O–H groups in total. The van der Waals surface area contributed by atoms with Crippen molar-refractivity contribution in [3.8, 4) is 0 Å². The lowest BCUT2D eigenvalue weighted by atomic mass is 10.2. The fraction of sp³-hybridized carbons (Fsp3) is 0. The molecule has 2 aromatic heterocycles. The number of hydrogen-bond donors (Lipinski definition) is 0. The van der Waals surface area contributed by atoms with E-state index in [1.165, 1.54) is 21.8 Å². The SMILES string of the molecule is O=c1c2c(F)cccc2nc2sc3ccc(Cl)cc3n12. The zero-order valence-electron chi connectivity index (χ0n) is 9.93. The van der Waals surface area contributed by atoms with Crippen LogP contribution >= 0.6 is 22.9 Å². The Balaban J connectivity index is 2.36. The second-order valence-electron chi connectivity index (χ2n) is 4.38. The van der Waals surface area contributed by atoms with Gasteiger partial charge in [-0.1, -0.05) is 29.0 Å². The molecule has 0 saturated carbocycles. The second-order valence-corrected chi connectivity index (χ2v) is 5.83. The summed E-state index contributed by atoms with van der Waals surface area (Å²) in [4.78, 5) is 17.4. The average Bonchev–Trinajstić information content (AvgIpc) is 2.76. The fourth-order valence-corrected chi connectivity index (χ4v) is 3.47. The summed E-state index contributed by atoms with van der Waals surface area (Å²) in [6, 6.07) is 9.72. The molecule has 0 aliphatic rings. The predicted molar refractivity (Wildman–Crippen MR) is 79.3 cm³/mol. The Hall–Kier alpha value is -1.98. The van der Waals surface area contributed by atoms with Crippen LogP contribution in [0.2, 0.25) is 5.02 Å². The maximum absolute atomic E-state index is 13.9.